The lowest BCUT2D eigenvalue weighted by Gasteiger charge is -2.35. The predicted octanol–water partition coefficient (Wildman–Crippen LogP) is 2.03. The highest BCUT2D eigenvalue weighted by Crippen LogP contribution is 2.44. The Morgan fingerprint density at radius 2 is 1.45 bits per heavy atom. The molecule has 2 atom stereocenters. The molecule has 0 aliphatic heterocycles. The number of carboxylic acid groups (broad SMARTS) is 2. The number of hydrogen-bond acceptors (Lipinski definition) is 10. The molecule has 0 saturated heterocycles. The smallest absolute Gasteiger partial charge is 0.407 e. The van der Waals surface area contributed by atoms with Gasteiger partial charge in [0.25, 0.3) is 0 Å². The minimum absolute atomic E-state index is 0.000363. The van der Waals surface area contributed by atoms with E-state index in [4.69, 9.17) is 24.4 Å². The van der Waals surface area contributed by atoms with Crippen molar-refractivity contribution in [3.8, 4) is 11.1 Å². The van der Waals surface area contributed by atoms with Crippen molar-refractivity contribution in [2.75, 3.05) is 46.1 Å². The van der Waals surface area contributed by atoms with Crippen LogP contribution in [0.4, 0.5) is 4.79 Å². The number of amides is 2. The third-order valence-electron chi connectivity index (χ3n) is 7.82. The molecule has 14 nitrogen and oxygen atoms in total. The second kappa shape index (κ2) is 19.3. The van der Waals surface area contributed by atoms with E-state index in [1.54, 1.807) is 0 Å². The van der Waals surface area contributed by atoms with Gasteiger partial charge in [0.05, 0.1) is 13.2 Å². The monoisotopic (exact) mass is 657 g/mol. The number of carbonyl (C=O) groups excluding carboxylic acids is 3. The number of alkyl carbamates (subject to hydrolysis) is 1. The molecule has 1 aliphatic rings. The van der Waals surface area contributed by atoms with E-state index in [0.717, 1.165) is 22.3 Å². The Morgan fingerprint density at radius 3 is 2.04 bits per heavy atom. The maximum absolute atomic E-state index is 13.4. The van der Waals surface area contributed by atoms with Gasteiger partial charge in [-0.15, -0.1) is 0 Å². The summed E-state index contributed by atoms with van der Waals surface area (Å²) in [6.45, 7) is -0.599. The Balaban J connectivity index is 1.66. The van der Waals surface area contributed by atoms with Crippen molar-refractivity contribution in [2.45, 2.75) is 56.2 Å². The van der Waals surface area contributed by atoms with Gasteiger partial charge in [0.15, 0.2) is 0 Å². The van der Waals surface area contributed by atoms with E-state index >= 15 is 0 Å². The Labute approximate surface area is 272 Å². The summed E-state index contributed by atoms with van der Waals surface area (Å²) in [6.07, 6.45) is -0.479. The molecule has 0 heterocycles. The molecule has 0 bridgehead atoms. The maximum Gasteiger partial charge on any atom is 0.407 e. The van der Waals surface area contributed by atoms with Crippen LogP contribution in [0.25, 0.3) is 11.1 Å². The molecule has 0 aromatic heterocycles. The van der Waals surface area contributed by atoms with Crippen molar-refractivity contribution in [3.05, 3.63) is 59.7 Å². The van der Waals surface area contributed by atoms with Crippen LogP contribution in [0.15, 0.2) is 48.5 Å². The van der Waals surface area contributed by atoms with E-state index in [1.807, 2.05) is 48.5 Å². The summed E-state index contributed by atoms with van der Waals surface area (Å²) in [4.78, 5) is 58.7. The predicted molar refractivity (Wildman–Crippen MR) is 169 cm³/mol. The fraction of sp³-hybridized carbons (Fsp3) is 0.485. The van der Waals surface area contributed by atoms with Crippen molar-refractivity contribution in [2.24, 2.45) is 0 Å². The van der Waals surface area contributed by atoms with Crippen molar-refractivity contribution in [1.29, 1.82) is 0 Å². The minimum Gasteiger partial charge on any atom is -0.480 e. The van der Waals surface area contributed by atoms with Crippen molar-refractivity contribution in [3.63, 3.8) is 0 Å². The van der Waals surface area contributed by atoms with Gasteiger partial charge in [0.1, 0.15) is 32.3 Å². The summed E-state index contributed by atoms with van der Waals surface area (Å²) in [6, 6.07) is 15.8. The number of fused-ring (bicyclic) bond motifs is 3. The van der Waals surface area contributed by atoms with Gasteiger partial charge >= 0.3 is 18.0 Å². The second-order valence-corrected chi connectivity index (χ2v) is 11.2. The topological polar surface area (TPSA) is 210 Å². The van der Waals surface area contributed by atoms with E-state index in [-0.39, 0.29) is 83.3 Å². The summed E-state index contributed by atoms with van der Waals surface area (Å²) in [5.41, 5.74) is 3.13. The third-order valence-corrected chi connectivity index (χ3v) is 7.82. The molecular formula is C33H43N3O11. The van der Waals surface area contributed by atoms with E-state index in [2.05, 4.69) is 16.0 Å². The summed E-state index contributed by atoms with van der Waals surface area (Å²) in [5.74, 6) is -2.79. The van der Waals surface area contributed by atoms with Crippen LogP contribution in [0.5, 0.6) is 0 Å². The van der Waals surface area contributed by atoms with Crippen molar-refractivity contribution in [1.82, 2.24) is 16.0 Å². The van der Waals surface area contributed by atoms with E-state index in [1.165, 1.54) is 0 Å². The molecule has 0 fully saturated rings. The van der Waals surface area contributed by atoms with Gasteiger partial charge in [-0.1, -0.05) is 48.5 Å². The lowest BCUT2D eigenvalue weighted by Crippen LogP contribution is -2.50. The Kier molecular flexibility index (Phi) is 15.3. The molecule has 2 amide bonds. The SMILES string of the molecule is O=CCCC(CCC(=O)NCCOCC(=O)O)(CCC(O)NCCOCC(=O)O)NC(=O)OCC1c2ccccc2-c2ccccc21. The lowest BCUT2D eigenvalue weighted by molar-refractivity contribution is -0.143. The standard InChI is InChI=1S/C33H43N3O11/c37-17-5-12-33(13-10-28(38)34-15-18-45-21-30(40)41,14-11-29(39)35-16-19-46-22-31(42)43)36-32(44)47-20-27-25-8-3-1-6-23(25)24-7-2-4-9-26(24)27/h1-4,6-9,17,27-28,34,38H,5,10-16,18-22H2,(H,35,39)(H,36,44)(H,40,41)(H,42,43). The minimum atomic E-state index is -1.12. The molecule has 2 aromatic rings. The number of rotatable bonds is 23. The van der Waals surface area contributed by atoms with Gasteiger partial charge in [-0.3, -0.25) is 10.1 Å². The Hall–Kier alpha value is -4.37. The number of aliphatic hydroxyl groups excluding tert-OH is 1. The number of ether oxygens (including phenoxy) is 3. The molecule has 6 N–H and O–H groups in total. The first kappa shape index (κ1) is 37.1. The molecule has 47 heavy (non-hydrogen) atoms. The number of carbonyl (C=O) groups is 5. The number of benzene rings is 2. The average Bonchev–Trinajstić information content (AvgIpc) is 3.37. The summed E-state index contributed by atoms with van der Waals surface area (Å²) < 4.78 is 15.7. The molecule has 3 rings (SSSR count). The number of aliphatic hydroxyl groups is 1. The largest absolute Gasteiger partial charge is 0.480 e. The van der Waals surface area contributed by atoms with Gasteiger partial charge < -0.3 is 45.0 Å². The third kappa shape index (κ3) is 12.4. The number of aldehydes is 1. The zero-order valence-corrected chi connectivity index (χ0v) is 26.2. The average molecular weight is 658 g/mol. The maximum atomic E-state index is 13.4. The Bertz CT molecular complexity index is 1310. The molecule has 1 aliphatic carbocycles. The van der Waals surface area contributed by atoms with Gasteiger partial charge in [-0.05, 0) is 47.9 Å². The van der Waals surface area contributed by atoms with E-state index in [0.29, 0.717) is 6.29 Å². The number of nitrogens with one attached hydrogen (secondary N) is 3. The highest BCUT2D eigenvalue weighted by molar-refractivity contribution is 5.79. The summed E-state index contributed by atoms with van der Waals surface area (Å²) in [5, 5.41) is 36.3. The van der Waals surface area contributed by atoms with Crippen LogP contribution >= 0.6 is 0 Å². The first-order valence-electron chi connectivity index (χ1n) is 15.5. The van der Waals surface area contributed by atoms with Crippen LogP contribution in [0.3, 0.4) is 0 Å². The van der Waals surface area contributed by atoms with Crippen LogP contribution in [-0.4, -0.2) is 103 Å². The van der Waals surface area contributed by atoms with Gasteiger partial charge in [0.2, 0.25) is 5.91 Å². The molecule has 14 heteroatoms. The van der Waals surface area contributed by atoms with Crippen molar-refractivity contribution < 1.29 is 53.5 Å². The van der Waals surface area contributed by atoms with Crippen LogP contribution in [0, 0.1) is 0 Å². The molecule has 0 spiro atoms. The molecule has 2 aromatic carbocycles. The fourth-order valence-corrected chi connectivity index (χ4v) is 5.58. The normalized spacial score (nSPS) is 13.9. The molecule has 2 unspecified atom stereocenters. The zero-order chi connectivity index (χ0) is 34.1. The first-order valence-corrected chi connectivity index (χ1v) is 15.5. The van der Waals surface area contributed by atoms with Crippen LogP contribution in [0.2, 0.25) is 0 Å². The van der Waals surface area contributed by atoms with Crippen LogP contribution < -0.4 is 16.0 Å². The van der Waals surface area contributed by atoms with Crippen LogP contribution in [-0.2, 0) is 33.4 Å². The van der Waals surface area contributed by atoms with Crippen molar-refractivity contribution >= 4 is 30.2 Å². The van der Waals surface area contributed by atoms with Gasteiger partial charge in [-0.2, -0.15) is 0 Å². The number of hydrogen-bond donors (Lipinski definition) is 6. The quantitative estimate of drug-likeness (QED) is 0.0576. The second-order valence-electron chi connectivity index (χ2n) is 11.2. The van der Waals surface area contributed by atoms with Gasteiger partial charge in [0, 0.05) is 37.4 Å². The highest BCUT2D eigenvalue weighted by Gasteiger charge is 2.34. The molecule has 0 radical (unpaired) electrons. The van der Waals surface area contributed by atoms with Gasteiger partial charge in [-0.25, -0.2) is 14.4 Å². The number of aliphatic carboxylic acids is 2. The first-order chi connectivity index (χ1) is 22.6. The molecular weight excluding hydrogens is 614 g/mol. The Morgan fingerprint density at radius 1 is 0.851 bits per heavy atom. The fourth-order valence-electron chi connectivity index (χ4n) is 5.58. The van der Waals surface area contributed by atoms with E-state index < -0.39 is 43.0 Å². The molecule has 0 saturated carbocycles. The van der Waals surface area contributed by atoms with E-state index in [9.17, 15) is 29.1 Å². The lowest BCUT2D eigenvalue weighted by atomic mass is 9.83. The number of carboxylic acids is 2. The summed E-state index contributed by atoms with van der Waals surface area (Å²) in [7, 11) is 0. The van der Waals surface area contributed by atoms with Crippen LogP contribution in [0.1, 0.15) is 55.6 Å². The zero-order valence-electron chi connectivity index (χ0n) is 26.2. The summed E-state index contributed by atoms with van der Waals surface area (Å²) >= 11 is 0. The highest BCUT2D eigenvalue weighted by atomic mass is 16.5. The molecule has 256 valence electrons.